The van der Waals surface area contributed by atoms with Crippen LogP contribution in [0, 0.1) is 27.3 Å². The minimum Gasteiger partial charge on any atom is -0.478 e. The third-order valence-electron chi connectivity index (χ3n) is 10.7. The Hall–Kier alpha value is -2.30. The number of fused-ring (bicyclic) bond motifs is 4. The molecular weight excluding hydrogens is 528 g/mol. The van der Waals surface area contributed by atoms with Crippen LogP contribution in [0.2, 0.25) is 0 Å². The second-order valence-electron chi connectivity index (χ2n) is 12.4. The molecule has 10 heteroatoms. The van der Waals surface area contributed by atoms with Crippen LogP contribution in [0.4, 0.5) is 8.78 Å². The van der Waals surface area contributed by atoms with E-state index in [9.17, 15) is 19.5 Å². The Balaban J connectivity index is 1.64. The molecule has 4 fully saturated rings. The van der Waals surface area contributed by atoms with Gasteiger partial charge in [-0.3, -0.25) is 9.59 Å². The number of hydrogen-bond donors (Lipinski definition) is 1. The number of halogens is 2. The standard InChI is InChI=1S/C29H33F2NO6S/c1-4-6-21-37-20-9-8-16-17-14-29(31,38-21)19-13-18(33)22(34)23(32-12-5-7-15(24(32)39)25(35)36)27(19,3)28(17,30)11-10-26(16,20)2/h5,7,12-13,16-17,20-21,23H,4,6,8-11,14H2,1-3H3,(H,35,36)/t16?,17?,20-,21?,23?,26-,27+,28+,29+/m0/s1. The number of carboxylic acid groups (broad SMARTS) is 1. The van der Waals surface area contributed by atoms with E-state index in [1.165, 1.54) is 29.8 Å². The van der Waals surface area contributed by atoms with Gasteiger partial charge in [-0.2, -0.15) is 0 Å². The molecule has 5 aliphatic rings. The first-order chi connectivity index (χ1) is 18.3. The molecular formula is C29H33F2NO6S. The lowest BCUT2D eigenvalue weighted by Crippen LogP contribution is -2.69. The zero-order valence-electron chi connectivity index (χ0n) is 22.2. The lowest BCUT2D eigenvalue weighted by atomic mass is 9.43. The predicted octanol–water partition coefficient (Wildman–Crippen LogP) is 5.69. The predicted molar refractivity (Wildman–Crippen MR) is 138 cm³/mol. The van der Waals surface area contributed by atoms with Gasteiger partial charge in [0.25, 0.3) is 0 Å². The van der Waals surface area contributed by atoms with E-state index < -0.39 is 52.7 Å². The zero-order chi connectivity index (χ0) is 28.1. The summed E-state index contributed by atoms with van der Waals surface area (Å²) in [7, 11) is 0. The van der Waals surface area contributed by atoms with E-state index in [1.807, 2.05) is 6.92 Å². The molecule has 1 aromatic heterocycles. The van der Waals surface area contributed by atoms with Crippen molar-refractivity contribution in [2.24, 2.45) is 22.7 Å². The number of Topliss-reactive ketones (excluding diaryl/α,β-unsaturated/α-hetero) is 1. The molecule has 0 amide bonds. The molecule has 1 aromatic rings. The van der Waals surface area contributed by atoms with Crippen molar-refractivity contribution in [1.29, 1.82) is 0 Å². The Bertz CT molecular complexity index is 1380. The molecule has 9 atom stereocenters. The summed E-state index contributed by atoms with van der Waals surface area (Å²) in [6.07, 6.45) is 3.86. The summed E-state index contributed by atoms with van der Waals surface area (Å²) in [6, 6.07) is 1.10. The molecule has 1 saturated heterocycles. The first-order valence-corrected chi connectivity index (χ1v) is 14.2. The van der Waals surface area contributed by atoms with Gasteiger partial charge >= 0.3 is 5.97 Å². The topological polar surface area (TPSA) is 94.8 Å². The molecule has 5 bridgehead atoms. The highest BCUT2D eigenvalue weighted by atomic mass is 32.1. The van der Waals surface area contributed by atoms with E-state index in [0.29, 0.717) is 32.1 Å². The van der Waals surface area contributed by atoms with E-state index in [2.05, 4.69) is 6.92 Å². The van der Waals surface area contributed by atoms with Gasteiger partial charge in [0.2, 0.25) is 17.4 Å². The Morgan fingerprint density at radius 2 is 1.95 bits per heavy atom. The van der Waals surface area contributed by atoms with Crippen LogP contribution in [0.15, 0.2) is 30.0 Å². The molecule has 39 heavy (non-hydrogen) atoms. The largest absolute Gasteiger partial charge is 0.478 e. The van der Waals surface area contributed by atoms with Crippen LogP contribution in [0.25, 0.3) is 0 Å². The van der Waals surface area contributed by atoms with Crippen molar-refractivity contribution in [3.05, 3.63) is 40.2 Å². The number of hydrogen-bond acceptors (Lipinski definition) is 6. The van der Waals surface area contributed by atoms with Crippen molar-refractivity contribution >= 4 is 29.8 Å². The number of carboxylic acids is 1. The average Bonchev–Trinajstić information content (AvgIpc) is 3.20. The van der Waals surface area contributed by atoms with Crippen LogP contribution < -0.4 is 0 Å². The Labute approximate surface area is 230 Å². The smallest absolute Gasteiger partial charge is 0.338 e. The SMILES string of the molecule is CCCC1O[C@H]2CCC3C4C[C@@](F)(O1)C1=CC(=O)C(=O)C(n5cccc(C(=O)O)c5=S)[C@]1(C)[C@@]4(F)CC[C@@]32C. The highest BCUT2D eigenvalue weighted by Gasteiger charge is 2.76. The number of carbonyl (C=O) groups is 3. The summed E-state index contributed by atoms with van der Waals surface area (Å²) < 4.78 is 49.1. The van der Waals surface area contributed by atoms with Gasteiger partial charge in [0.05, 0.1) is 17.1 Å². The van der Waals surface area contributed by atoms with Crippen molar-refractivity contribution in [1.82, 2.24) is 4.57 Å². The number of ether oxygens (including phenoxy) is 2. The van der Waals surface area contributed by atoms with E-state index >= 15 is 8.78 Å². The molecule has 7 nitrogen and oxygen atoms in total. The van der Waals surface area contributed by atoms with E-state index in [1.54, 1.807) is 0 Å². The quantitative estimate of drug-likeness (QED) is 0.373. The summed E-state index contributed by atoms with van der Waals surface area (Å²) in [5.74, 6) is -6.84. The highest BCUT2D eigenvalue weighted by molar-refractivity contribution is 7.71. The summed E-state index contributed by atoms with van der Waals surface area (Å²) in [6.45, 7) is 5.53. The first-order valence-electron chi connectivity index (χ1n) is 13.8. The van der Waals surface area contributed by atoms with Crippen LogP contribution in [0.3, 0.4) is 0 Å². The Kier molecular flexibility index (Phi) is 5.93. The number of aromatic nitrogens is 1. The number of alkyl halides is 2. The van der Waals surface area contributed by atoms with Gasteiger partial charge in [0.15, 0.2) is 6.29 Å². The van der Waals surface area contributed by atoms with Gasteiger partial charge in [-0.1, -0.05) is 39.4 Å². The molecule has 4 unspecified atom stereocenters. The third-order valence-corrected chi connectivity index (χ3v) is 11.1. The molecule has 0 radical (unpaired) electrons. The van der Waals surface area contributed by atoms with Crippen molar-refractivity contribution < 1.29 is 37.7 Å². The summed E-state index contributed by atoms with van der Waals surface area (Å²) in [4.78, 5) is 38.8. The minimum absolute atomic E-state index is 0.0385. The maximum Gasteiger partial charge on any atom is 0.338 e. The lowest BCUT2D eigenvalue weighted by Gasteiger charge is -2.64. The van der Waals surface area contributed by atoms with Gasteiger partial charge in [0, 0.05) is 24.1 Å². The molecule has 210 valence electrons. The lowest BCUT2D eigenvalue weighted by molar-refractivity contribution is -0.284. The number of pyridine rings is 1. The third kappa shape index (κ3) is 3.37. The molecule has 6 rings (SSSR count). The van der Waals surface area contributed by atoms with Crippen molar-refractivity contribution in [2.45, 2.75) is 95.7 Å². The van der Waals surface area contributed by atoms with E-state index in [0.717, 1.165) is 6.08 Å². The zero-order valence-corrected chi connectivity index (χ0v) is 23.1. The fourth-order valence-electron chi connectivity index (χ4n) is 8.77. The van der Waals surface area contributed by atoms with Gasteiger partial charge in [-0.15, -0.1) is 0 Å². The Morgan fingerprint density at radius 1 is 1.21 bits per heavy atom. The highest BCUT2D eigenvalue weighted by Crippen LogP contribution is 2.73. The summed E-state index contributed by atoms with van der Waals surface area (Å²) in [5.41, 5.74) is -4.83. The maximum atomic E-state index is 18.1. The molecule has 0 spiro atoms. The maximum absolute atomic E-state index is 18.1. The number of rotatable bonds is 4. The van der Waals surface area contributed by atoms with Crippen molar-refractivity contribution in [3.8, 4) is 0 Å². The molecule has 4 aliphatic carbocycles. The molecule has 1 N–H and O–H groups in total. The van der Waals surface area contributed by atoms with Gasteiger partial charge < -0.3 is 19.1 Å². The van der Waals surface area contributed by atoms with Crippen molar-refractivity contribution in [2.75, 3.05) is 0 Å². The first kappa shape index (κ1) is 26.9. The van der Waals surface area contributed by atoms with Crippen molar-refractivity contribution in [3.63, 3.8) is 0 Å². The number of aromatic carboxylic acids is 1. The van der Waals surface area contributed by atoms with Gasteiger partial charge in [0.1, 0.15) is 16.4 Å². The minimum atomic E-state index is -2.56. The Morgan fingerprint density at radius 3 is 2.64 bits per heavy atom. The summed E-state index contributed by atoms with van der Waals surface area (Å²) >= 11 is 5.46. The van der Waals surface area contributed by atoms with Crippen LogP contribution in [0.5, 0.6) is 0 Å². The van der Waals surface area contributed by atoms with Gasteiger partial charge in [-0.05, 0) is 61.6 Å². The van der Waals surface area contributed by atoms with Crippen LogP contribution in [-0.4, -0.2) is 51.1 Å². The number of ketones is 2. The second-order valence-corrected chi connectivity index (χ2v) is 12.8. The normalized spacial score (nSPS) is 44.7. The monoisotopic (exact) mass is 561 g/mol. The van der Waals surface area contributed by atoms with Crippen LogP contribution in [0.1, 0.15) is 82.1 Å². The number of carbonyl (C=O) groups excluding carboxylic acids is 2. The van der Waals surface area contributed by atoms with E-state index in [-0.39, 0.29) is 46.1 Å². The molecule has 3 saturated carbocycles. The molecule has 1 aliphatic heterocycles. The van der Waals surface area contributed by atoms with Crippen LogP contribution >= 0.6 is 12.2 Å². The molecule has 2 heterocycles. The fourth-order valence-corrected chi connectivity index (χ4v) is 9.10. The second kappa shape index (κ2) is 8.60. The van der Waals surface area contributed by atoms with Crippen LogP contribution in [-0.2, 0) is 19.1 Å². The average molecular weight is 562 g/mol. The molecule has 0 aromatic carbocycles. The summed E-state index contributed by atoms with van der Waals surface area (Å²) in [5, 5.41) is 9.70. The van der Waals surface area contributed by atoms with E-state index in [4.69, 9.17) is 21.7 Å². The van der Waals surface area contributed by atoms with Gasteiger partial charge in [-0.25, -0.2) is 13.6 Å². The number of nitrogens with zero attached hydrogens (tertiary/aromatic N) is 1. The fraction of sp³-hybridized carbons (Fsp3) is 0.655.